The maximum absolute atomic E-state index is 13.2. The summed E-state index contributed by atoms with van der Waals surface area (Å²) in [6.07, 6.45) is 24.1. The zero-order chi connectivity index (χ0) is 39.0. The molecule has 0 amide bonds. The highest BCUT2D eigenvalue weighted by atomic mass is 16.6. The normalized spacial score (nSPS) is 21.5. The summed E-state index contributed by atoms with van der Waals surface area (Å²) in [6.45, 7) is 16.6. The highest BCUT2D eigenvalue weighted by Crippen LogP contribution is 2.41. The molecular weight excluding hydrogens is 660 g/mol. The first-order chi connectivity index (χ1) is 24.5. The van der Waals surface area contributed by atoms with Crippen molar-refractivity contribution in [3.05, 3.63) is 130 Å². The second-order valence-electron chi connectivity index (χ2n) is 13.6. The van der Waals surface area contributed by atoms with Crippen LogP contribution in [0, 0.1) is 5.41 Å². The molecule has 0 spiro atoms. The molecule has 1 aliphatic heterocycles. The topological polar surface area (TPSA) is 136 Å². The van der Waals surface area contributed by atoms with Crippen molar-refractivity contribution in [2.45, 2.75) is 99.9 Å². The van der Waals surface area contributed by atoms with Crippen LogP contribution >= 0.6 is 0 Å². The molecule has 0 aromatic carbocycles. The molecule has 0 bridgehead atoms. The monoisotopic (exact) mass is 714 g/mol. The smallest absolute Gasteiger partial charge is 0.338 e. The summed E-state index contributed by atoms with van der Waals surface area (Å²) >= 11 is 0. The first kappa shape index (κ1) is 43.1. The SMILES string of the molecule is C/C=C/C(C)=C/C=C/C(C)=C/C=C/C=C(C)/C=C/C=C(C)/C=C/C1=C(C)C(=O)C(OC(=O)CCC(=O)OCC(O)C2OC(=O)C(C)=C2O)CC1(C)C. The van der Waals surface area contributed by atoms with E-state index in [2.05, 4.69) is 38.2 Å². The minimum absolute atomic E-state index is 0.0299. The highest BCUT2D eigenvalue weighted by Gasteiger charge is 2.40. The standard InChI is InChI=1S/C43H54O9/c1-10-15-28(2)18-13-19-29(3)16-11-12-17-30(4)20-14-21-31(5)22-23-34-32(6)39(47)36(26-43(34,8)9)51-38(46)25-24-37(45)50-27-35(44)41-40(48)33(7)42(49)52-41/h10-23,35-36,41,44,48H,24-27H2,1-9H3/b12-11+,15-10+,19-13+,20-14+,23-22+,28-18+,29-16+,30-17+,31-21+. The molecule has 1 heterocycles. The van der Waals surface area contributed by atoms with E-state index in [-0.39, 0.29) is 30.6 Å². The number of Topliss-reactive ketones (excluding diaryl/α,β-unsaturated/α-hetero) is 1. The van der Waals surface area contributed by atoms with Crippen LogP contribution in [0.3, 0.4) is 0 Å². The molecule has 1 aliphatic carbocycles. The molecule has 2 aliphatic rings. The molecule has 2 N–H and O–H groups in total. The van der Waals surface area contributed by atoms with Gasteiger partial charge in [0.1, 0.15) is 18.5 Å². The molecule has 280 valence electrons. The van der Waals surface area contributed by atoms with Crippen molar-refractivity contribution in [3.63, 3.8) is 0 Å². The Balaban J connectivity index is 1.90. The number of rotatable bonds is 16. The number of ketones is 1. The Kier molecular flexibility index (Phi) is 17.2. The lowest BCUT2D eigenvalue weighted by molar-refractivity contribution is -0.160. The third-order valence-corrected chi connectivity index (χ3v) is 8.46. The van der Waals surface area contributed by atoms with E-state index in [0.29, 0.717) is 5.57 Å². The summed E-state index contributed by atoms with van der Waals surface area (Å²) in [6, 6.07) is 0. The average Bonchev–Trinajstić information content (AvgIpc) is 3.33. The average molecular weight is 715 g/mol. The van der Waals surface area contributed by atoms with E-state index < -0.39 is 54.0 Å². The zero-order valence-electron chi connectivity index (χ0n) is 31.9. The number of allylic oxidation sites excluding steroid dienone is 19. The van der Waals surface area contributed by atoms with Crippen LogP contribution < -0.4 is 0 Å². The number of ether oxygens (including phenoxy) is 3. The Morgan fingerprint density at radius 1 is 0.827 bits per heavy atom. The van der Waals surface area contributed by atoms with Gasteiger partial charge in [0.15, 0.2) is 18.0 Å². The molecule has 9 nitrogen and oxygen atoms in total. The van der Waals surface area contributed by atoms with Gasteiger partial charge in [0.25, 0.3) is 0 Å². The number of carbonyl (C=O) groups is 4. The first-order valence-corrected chi connectivity index (χ1v) is 17.4. The summed E-state index contributed by atoms with van der Waals surface area (Å²) < 4.78 is 15.3. The second-order valence-corrected chi connectivity index (χ2v) is 13.6. The van der Waals surface area contributed by atoms with Crippen molar-refractivity contribution in [3.8, 4) is 0 Å². The lowest BCUT2D eigenvalue weighted by Crippen LogP contribution is -2.39. The molecule has 52 heavy (non-hydrogen) atoms. The van der Waals surface area contributed by atoms with Gasteiger partial charge in [0.2, 0.25) is 0 Å². The minimum Gasteiger partial charge on any atom is -0.508 e. The van der Waals surface area contributed by atoms with Crippen LogP contribution in [0.1, 0.15) is 81.6 Å². The molecule has 0 saturated heterocycles. The third-order valence-electron chi connectivity index (χ3n) is 8.46. The van der Waals surface area contributed by atoms with E-state index in [9.17, 15) is 29.4 Å². The first-order valence-electron chi connectivity index (χ1n) is 17.4. The fourth-order valence-corrected chi connectivity index (χ4v) is 5.41. The van der Waals surface area contributed by atoms with Crippen molar-refractivity contribution in [2.75, 3.05) is 6.61 Å². The van der Waals surface area contributed by atoms with Crippen molar-refractivity contribution in [1.29, 1.82) is 0 Å². The van der Waals surface area contributed by atoms with Crippen molar-refractivity contribution < 1.29 is 43.6 Å². The van der Waals surface area contributed by atoms with E-state index in [1.165, 1.54) is 12.5 Å². The number of carbonyl (C=O) groups excluding carboxylic acids is 4. The highest BCUT2D eigenvalue weighted by molar-refractivity contribution is 6.01. The molecule has 0 saturated carbocycles. The second kappa shape index (κ2) is 20.7. The van der Waals surface area contributed by atoms with Gasteiger partial charge in [-0.1, -0.05) is 121 Å². The maximum atomic E-state index is 13.2. The van der Waals surface area contributed by atoms with Crippen LogP contribution in [0.2, 0.25) is 0 Å². The fourth-order valence-electron chi connectivity index (χ4n) is 5.41. The Morgan fingerprint density at radius 2 is 1.35 bits per heavy atom. The van der Waals surface area contributed by atoms with Crippen molar-refractivity contribution in [2.24, 2.45) is 5.41 Å². The van der Waals surface area contributed by atoms with Crippen LogP contribution in [-0.4, -0.2) is 58.8 Å². The summed E-state index contributed by atoms with van der Waals surface area (Å²) in [5.41, 5.74) is 5.30. The molecule has 0 radical (unpaired) electrons. The number of hydrogen-bond donors (Lipinski definition) is 2. The summed E-state index contributed by atoms with van der Waals surface area (Å²) in [4.78, 5) is 49.5. The quantitative estimate of drug-likeness (QED) is 0.0920. The third kappa shape index (κ3) is 13.9. The van der Waals surface area contributed by atoms with Crippen molar-refractivity contribution in [1.82, 2.24) is 0 Å². The van der Waals surface area contributed by atoms with Crippen LogP contribution in [0.4, 0.5) is 0 Å². The number of aliphatic hydroxyl groups excluding tert-OH is 2. The van der Waals surface area contributed by atoms with Crippen LogP contribution in [0.15, 0.2) is 130 Å². The van der Waals surface area contributed by atoms with Gasteiger partial charge in [-0.15, -0.1) is 0 Å². The van der Waals surface area contributed by atoms with E-state index in [1.54, 1.807) is 6.92 Å². The van der Waals surface area contributed by atoms with Gasteiger partial charge in [0.05, 0.1) is 18.4 Å². The van der Waals surface area contributed by atoms with Crippen LogP contribution in [0.5, 0.6) is 0 Å². The predicted octanol–water partition coefficient (Wildman–Crippen LogP) is 8.24. The molecule has 0 fully saturated rings. The van der Waals surface area contributed by atoms with Gasteiger partial charge in [-0.25, -0.2) is 4.79 Å². The van der Waals surface area contributed by atoms with Crippen molar-refractivity contribution >= 4 is 23.7 Å². The maximum Gasteiger partial charge on any atom is 0.338 e. The zero-order valence-corrected chi connectivity index (χ0v) is 31.9. The molecular formula is C43H54O9. The Labute approximate surface area is 308 Å². The van der Waals surface area contributed by atoms with Crippen LogP contribution in [0.25, 0.3) is 0 Å². The van der Waals surface area contributed by atoms with E-state index in [1.807, 2.05) is 95.4 Å². The fraction of sp³-hybridized carbons (Fsp3) is 0.395. The Morgan fingerprint density at radius 3 is 1.88 bits per heavy atom. The number of hydrogen-bond acceptors (Lipinski definition) is 9. The lowest BCUT2D eigenvalue weighted by atomic mass is 9.71. The lowest BCUT2D eigenvalue weighted by Gasteiger charge is -2.36. The molecule has 0 aromatic rings. The van der Waals surface area contributed by atoms with E-state index >= 15 is 0 Å². The number of cyclic esters (lactones) is 1. The van der Waals surface area contributed by atoms with Gasteiger partial charge in [-0.05, 0) is 65.0 Å². The number of aliphatic hydroxyl groups is 2. The van der Waals surface area contributed by atoms with Gasteiger partial charge in [-0.3, -0.25) is 14.4 Å². The summed E-state index contributed by atoms with van der Waals surface area (Å²) in [7, 11) is 0. The van der Waals surface area contributed by atoms with Gasteiger partial charge >= 0.3 is 17.9 Å². The molecule has 0 aromatic heterocycles. The Bertz CT molecular complexity index is 1700. The number of esters is 3. The van der Waals surface area contributed by atoms with Gasteiger partial charge in [0, 0.05) is 6.42 Å². The largest absolute Gasteiger partial charge is 0.508 e. The van der Waals surface area contributed by atoms with E-state index in [0.717, 1.165) is 22.3 Å². The van der Waals surface area contributed by atoms with Crippen LogP contribution in [-0.2, 0) is 33.4 Å². The Hall–Kier alpha value is -5.02. The van der Waals surface area contributed by atoms with Gasteiger partial charge < -0.3 is 24.4 Å². The molecule has 9 heteroatoms. The molecule has 2 rings (SSSR count). The minimum atomic E-state index is -1.47. The van der Waals surface area contributed by atoms with Gasteiger partial charge in [-0.2, -0.15) is 0 Å². The summed E-state index contributed by atoms with van der Waals surface area (Å²) in [5.74, 6) is -3.01. The van der Waals surface area contributed by atoms with E-state index in [4.69, 9.17) is 14.2 Å². The summed E-state index contributed by atoms with van der Waals surface area (Å²) in [5, 5.41) is 20.0. The molecule has 3 unspecified atom stereocenters. The molecule has 3 atom stereocenters. The predicted molar refractivity (Wildman–Crippen MR) is 204 cm³/mol.